The van der Waals surface area contributed by atoms with Crippen molar-refractivity contribution in [3.8, 4) is 0 Å². The molecule has 3 heterocycles. The molecule has 0 unspecified atom stereocenters. The number of pyridine rings is 2. The Morgan fingerprint density at radius 3 is 2.72 bits per heavy atom. The summed E-state index contributed by atoms with van der Waals surface area (Å²) in [5, 5.41) is 12.4. The highest BCUT2D eigenvalue weighted by Gasteiger charge is 2.36. The van der Waals surface area contributed by atoms with Crippen LogP contribution in [0, 0.1) is 6.92 Å². The number of sulfonamides is 1. The first-order chi connectivity index (χ1) is 16.5. The molecule has 3 aromatic heterocycles. The first-order valence-electron chi connectivity index (χ1n) is 11.3. The Kier molecular flexibility index (Phi) is 4.99. The van der Waals surface area contributed by atoms with E-state index in [0.717, 1.165) is 11.3 Å². The molecular formula is C21H23N7O3S. The number of anilines is 3. The summed E-state index contributed by atoms with van der Waals surface area (Å²) in [6, 6.07) is 8.37. The second-order valence-corrected chi connectivity index (χ2v) is 9.39. The van der Waals surface area contributed by atoms with Gasteiger partial charge in [0.05, 0.1) is 22.3 Å². The maximum Gasteiger partial charge on any atom is 0.273 e. The number of nitrogens with one attached hydrogen (secondary N) is 3. The normalized spacial score (nSPS) is 15.2. The molecule has 166 valence electrons. The molecular weight excluding hydrogens is 430 g/mol. The summed E-state index contributed by atoms with van der Waals surface area (Å²) >= 11 is 0. The molecule has 10 nitrogen and oxygen atoms in total. The number of amides is 1. The fourth-order valence-electron chi connectivity index (χ4n) is 3.05. The van der Waals surface area contributed by atoms with Crippen LogP contribution in [0.25, 0.3) is 0 Å². The number of carbonyl (C=O) groups is 1. The summed E-state index contributed by atoms with van der Waals surface area (Å²) in [5.41, 5.74) is 2.18. The number of rotatable bonds is 8. The largest absolute Gasteiger partial charge is 0.354 e. The van der Waals surface area contributed by atoms with Gasteiger partial charge in [0.15, 0.2) is 11.5 Å². The molecule has 4 rings (SSSR count). The van der Waals surface area contributed by atoms with Gasteiger partial charge in [-0.15, -0.1) is 5.10 Å². The molecule has 1 aliphatic rings. The average Bonchev–Trinajstić information content (AvgIpc) is 3.60. The van der Waals surface area contributed by atoms with Crippen molar-refractivity contribution in [2.24, 2.45) is 0 Å². The van der Waals surface area contributed by atoms with E-state index in [0.29, 0.717) is 25.0 Å². The van der Waals surface area contributed by atoms with Crippen molar-refractivity contribution in [1.29, 1.82) is 0 Å². The highest BCUT2D eigenvalue weighted by atomic mass is 32.2. The molecule has 11 heteroatoms. The average molecular weight is 457 g/mol. The monoisotopic (exact) mass is 456 g/mol. The van der Waals surface area contributed by atoms with Crippen LogP contribution in [-0.2, 0) is 16.4 Å². The van der Waals surface area contributed by atoms with E-state index in [9.17, 15) is 13.2 Å². The van der Waals surface area contributed by atoms with Gasteiger partial charge in [-0.25, -0.2) is 13.4 Å². The zero-order valence-electron chi connectivity index (χ0n) is 20.2. The quantitative estimate of drug-likeness (QED) is 0.469. The van der Waals surface area contributed by atoms with Gasteiger partial charge in [0, 0.05) is 35.6 Å². The molecule has 1 saturated carbocycles. The molecule has 1 amide bonds. The van der Waals surface area contributed by atoms with Crippen molar-refractivity contribution in [1.82, 2.24) is 25.5 Å². The van der Waals surface area contributed by atoms with Crippen LogP contribution in [0.1, 0.15) is 44.4 Å². The smallest absolute Gasteiger partial charge is 0.273 e. The molecule has 3 N–H and O–H groups in total. The number of hydrogen-bond acceptors (Lipinski definition) is 8. The van der Waals surface area contributed by atoms with E-state index in [4.69, 9.17) is 4.11 Å². The van der Waals surface area contributed by atoms with Crippen molar-refractivity contribution in [3.05, 3.63) is 65.4 Å². The number of carbonyl (C=O) groups excluding carboxylic acids is 1. The zero-order chi connectivity index (χ0) is 25.2. The van der Waals surface area contributed by atoms with Crippen LogP contribution >= 0.6 is 0 Å². The van der Waals surface area contributed by atoms with Crippen molar-refractivity contribution < 1.29 is 17.3 Å². The Morgan fingerprint density at radius 1 is 1.12 bits per heavy atom. The van der Waals surface area contributed by atoms with Crippen molar-refractivity contribution in [3.63, 3.8) is 0 Å². The van der Waals surface area contributed by atoms with E-state index in [1.54, 1.807) is 12.3 Å². The second kappa shape index (κ2) is 8.87. The summed E-state index contributed by atoms with van der Waals surface area (Å²) in [7, 11) is -3.58. The molecule has 0 spiro atoms. The van der Waals surface area contributed by atoms with Gasteiger partial charge >= 0.3 is 0 Å². The summed E-state index contributed by atoms with van der Waals surface area (Å²) in [5.74, 6) is -0.858. The zero-order valence-corrected chi connectivity index (χ0v) is 18.0. The first-order valence-corrected chi connectivity index (χ1v) is 11.4. The standard InChI is InChI=1S/C21H23N7O3S/c1-13-7-9-23-14(10-13)11-15-12-18(19(27-26-15)21(29)22-2)25-20-17(4-3-8-24-20)28-32(30,31)16-5-6-16/h3-4,7-10,12,16,28H,5-6,11H2,1-2H3,(H,22,29)(H,24,25,26)/i2D3. The molecule has 1 aliphatic carbocycles. The Bertz CT molecular complexity index is 1360. The third-order valence-electron chi connectivity index (χ3n) is 4.78. The lowest BCUT2D eigenvalue weighted by Gasteiger charge is -2.15. The van der Waals surface area contributed by atoms with Crippen LogP contribution in [0.3, 0.4) is 0 Å². The molecule has 0 atom stereocenters. The van der Waals surface area contributed by atoms with Crippen molar-refractivity contribution >= 4 is 33.1 Å². The van der Waals surface area contributed by atoms with Gasteiger partial charge in [0.2, 0.25) is 10.0 Å². The minimum atomic E-state index is -3.58. The summed E-state index contributed by atoms with van der Waals surface area (Å²) in [4.78, 5) is 21.1. The van der Waals surface area contributed by atoms with Gasteiger partial charge in [-0.2, -0.15) is 5.10 Å². The summed E-state index contributed by atoms with van der Waals surface area (Å²) < 4.78 is 49.4. The lowest BCUT2D eigenvalue weighted by molar-refractivity contribution is 0.0958. The lowest BCUT2D eigenvalue weighted by Crippen LogP contribution is -2.22. The van der Waals surface area contributed by atoms with E-state index in [1.165, 1.54) is 18.3 Å². The Labute approximate surface area is 190 Å². The van der Waals surface area contributed by atoms with Gasteiger partial charge in [-0.05, 0) is 55.7 Å². The molecule has 1 fully saturated rings. The molecule has 0 saturated heterocycles. The van der Waals surface area contributed by atoms with Gasteiger partial charge < -0.3 is 10.6 Å². The Hall–Kier alpha value is -3.60. The Morgan fingerprint density at radius 2 is 1.97 bits per heavy atom. The highest BCUT2D eigenvalue weighted by molar-refractivity contribution is 7.93. The minimum Gasteiger partial charge on any atom is -0.354 e. The number of nitrogens with zero attached hydrogens (tertiary/aromatic N) is 4. The number of hydrogen-bond donors (Lipinski definition) is 3. The predicted molar refractivity (Wildman–Crippen MR) is 120 cm³/mol. The van der Waals surface area contributed by atoms with E-state index in [2.05, 4.69) is 30.2 Å². The molecule has 0 aromatic carbocycles. The maximum absolute atomic E-state index is 12.6. The molecule has 0 bridgehead atoms. The van der Waals surface area contributed by atoms with Crippen LogP contribution < -0.4 is 15.4 Å². The lowest BCUT2D eigenvalue weighted by atomic mass is 10.1. The van der Waals surface area contributed by atoms with Gasteiger partial charge in [-0.1, -0.05) is 0 Å². The molecule has 0 radical (unpaired) electrons. The third-order valence-corrected chi connectivity index (χ3v) is 6.64. The van der Waals surface area contributed by atoms with E-state index >= 15 is 0 Å². The number of aryl methyl sites for hydroxylation is 1. The van der Waals surface area contributed by atoms with Crippen LogP contribution in [0.15, 0.2) is 42.7 Å². The summed E-state index contributed by atoms with van der Waals surface area (Å²) in [6.45, 7) is -0.812. The van der Waals surface area contributed by atoms with Crippen molar-refractivity contribution in [2.75, 3.05) is 17.0 Å². The van der Waals surface area contributed by atoms with Gasteiger partial charge in [-0.3, -0.25) is 14.5 Å². The van der Waals surface area contributed by atoms with Crippen LogP contribution in [0.2, 0.25) is 0 Å². The fraction of sp³-hybridized carbons (Fsp3) is 0.286. The van der Waals surface area contributed by atoms with Crippen LogP contribution in [-0.4, -0.2) is 46.7 Å². The third kappa shape index (κ3) is 4.99. The van der Waals surface area contributed by atoms with Gasteiger partial charge in [0.1, 0.15) is 0 Å². The Balaban J connectivity index is 1.69. The van der Waals surface area contributed by atoms with Crippen LogP contribution in [0.5, 0.6) is 0 Å². The van der Waals surface area contributed by atoms with E-state index in [1.807, 2.05) is 24.4 Å². The van der Waals surface area contributed by atoms with E-state index in [-0.39, 0.29) is 22.9 Å². The van der Waals surface area contributed by atoms with Gasteiger partial charge in [0.25, 0.3) is 5.91 Å². The molecule has 3 aromatic rings. The topological polar surface area (TPSA) is 139 Å². The van der Waals surface area contributed by atoms with E-state index < -0.39 is 28.2 Å². The predicted octanol–water partition coefficient (Wildman–Crippen LogP) is 2.17. The highest BCUT2D eigenvalue weighted by Crippen LogP contribution is 2.32. The van der Waals surface area contributed by atoms with Crippen LogP contribution in [0.4, 0.5) is 17.2 Å². The van der Waals surface area contributed by atoms with Crippen molar-refractivity contribution in [2.45, 2.75) is 31.4 Å². The molecule has 0 aliphatic heterocycles. The summed E-state index contributed by atoms with van der Waals surface area (Å²) in [6.07, 6.45) is 4.59. The maximum atomic E-state index is 12.6. The SMILES string of the molecule is [2H]C([2H])([2H])NC(=O)c1nnc(Cc2cc(C)ccn2)cc1Nc1ncccc1NS(=O)(=O)C1CC1. The number of aromatic nitrogens is 4. The molecule has 32 heavy (non-hydrogen) atoms. The fourth-order valence-corrected chi connectivity index (χ4v) is 4.45. The first kappa shape index (κ1) is 18.0. The second-order valence-electron chi connectivity index (χ2n) is 7.42. The minimum absolute atomic E-state index is 0.106.